The molecule has 2 aromatic rings. The van der Waals surface area contributed by atoms with Gasteiger partial charge in [0.05, 0.1) is 6.54 Å². The summed E-state index contributed by atoms with van der Waals surface area (Å²) in [7, 11) is 0. The second kappa shape index (κ2) is 6.70. The summed E-state index contributed by atoms with van der Waals surface area (Å²) in [5, 5.41) is 7.08. The van der Waals surface area contributed by atoms with Gasteiger partial charge < -0.3 is 14.6 Å². The number of para-hydroxylation sites is 1. The van der Waals surface area contributed by atoms with Crippen molar-refractivity contribution in [3.63, 3.8) is 0 Å². The Morgan fingerprint density at radius 3 is 2.95 bits per heavy atom. The molecule has 0 aliphatic carbocycles. The van der Waals surface area contributed by atoms with Crippen LogP contribution in [0.5, 0.6) is 5.75 Å². The van der Waals surface area contributed by atoms with Gasteiger partial charge in [0.25, 0.3) is 0 Å². The molecule has 1 N–H and O–H groups in total. The monoisotopic (exact) mass is 259 g/mol. The molecule has 100 valence electrons. The first-order chi connectivity index (χ1) is 9.29. The van der Waals surface area contributed by atoms with E-state index < -0.39 is 0 Å². The van der Waals surface area contributed by atoms with Gasteiger partial charge in [-0.3, -0.25) is 0 Å². The zero-order chi connectivity index (χ0) is 13.5. The van der Waals surface area contributed by atoms with E-state index in [9.17, 15) is 0 Å². The molecule has 0 unspecified atom stereocenters. The molecule has 0 fully saturated rings. The molecule has 1 aromatic heterocycles. The molecule has 2 rings (SSSR count). The summed E-state index contributed by atoms with van der Waals surface area (Å²) in [6.07, 6.45) is 1.73. The van der Waals surface area contributed by atoms with Gasteiger partial charge in [0.1, 0.15) is 12.4 Å². The highest BCUT2D eigenvalue weighted by Crippen LogP contribution is 2.17. The maximum Gasteiger partial charge on any atom is 0.223 e. The molecule has 0 aliphatic heterocycles. The second-order valence-corrected chi connectivity index (χ2v) is 4.04. The van der Waals surface area contributed by atoms with Gasteiger partial charge in [0, 0.05) is 19.0 Å². The molecule has 0 amide bonds. The number of aromatic nitrogens is 2. The molecule has 1 heterocycles. The highest BCUT2D eigenvalue weighted by molar-refractivity contribution is 5.33. The summed E-state index contributed by atoms with van der Waals surface area (Å²) in [5.74, 6) is 2.09. The molecule has 0 atom stereocenters. The minimum Gasteiger partial charge on any atom is -0.489 e. The molecular weight excluding hydrogens is 242 g/mol. The van der Waals surface area contributed by atoms with E-state index in [-0.39, 0.29) is 0 Å². The van der Waals surface area contributed by atoms with Crippen LogP contribution in [0.25, 0.3) is 0 Å². The average Bonchev–Trinajstić information content (AvgIpc) is 2.83. The largest absolute Gasteiger partial charge is 0.489 e. The van der Waals surface area contributed by atoms with Crippen molar-refractivity contribution in [1.82, 2.24) is 15.5 Å². The highest BCUT2D eigenvalue weighted by Gasteiger charge is 2.04. The summed E-state index contributed by atoms with van der Waals surface area (Å²) in [6, 6.07) is 7.90. The molecule has 0 aliphatic rings. The molecule has 0 bridgehead atoms. The van der Waals surface area contributed by atoms with Crippen molar-refractivity contribution in [1.29, 1.82) is 0 Å². The SMILES string of the molecule is C=CCOc1ccccc1CNCc1noc(C)n1. The van der Waals surface area contributed by atoms with Crippen molar-refractivity contribution in [3.8, 4) is 5.75 Å². The zero-order valence-electron chi connectivity index (χ0n) is 10.9. The molecule has 1 aromatic carbocycles. The summed E-state index contributed by atoms with van der Waals surface area (Å²) < 4.78 is 10.5. The predicted octanol–water partition coefficient (Wildman–Crippen LogP) is 2.23. The van der Waals surface area contributed by atoms with Gasteiger partial charge in [0.2, 0.25) is 5.89 Å². The second-order valence-electron chi connectivity index (χ2n) is 4.04. The summed E-state index contributed by atoms with van der Waals surface area (Å²) in [5.41, 5.74) is 1.09. The smallest absolute Gasteiger partial charge is 0.223 e. The third kappa shape index (κ3) is 3.93. The molecular formula is C14H17N3O2. The Kier molecular flexibility index (Phi) is 4.69. The van der Waals surface area contributed by atoms with E-state index in [2.05, 4.69) is 22.0 Å². The number of ether oxygens (including phenoxy) is 1. The van der Waals surface area contributed by atoms with Crippen LogP contribution in [0.1, 0.15) is 17.3 Å². The standard InChI is InChI=1S/C14H17N3O2/c1-3-8-18-13-7-5-4-6-12(13)9-15-10-14-16-11(2)19-17-14/h3-7,15H,1,8-10H2,2H3. The predicted molar refractivity (Wildman–Crippen MR) is 71.7 cm³/mol. The number of hydrogen-bond donors (Lipinski definition) is 1. The Morgan fingerprint density at radius 2 is 2.21 bits per heavy atom. The van der Waals surface area contributed by atoms with Gasteiger partial charge in [-0.25, -0.2) is 0 Å². The lowest BCUT2D eigenvalue weighted by molar-refractivity contribution is 0.357. The van der Waals surface area contributed by atoms with Crippen LogP contribution in [0.4, 0.5) is 0 Å². The van der Waals surface area contributed by atoms with E-state index in [1.54, 1.807) is 13.0 Å². The minimum absolute atomic E-state index is 0.501. The number of nitrogens with one attached hydrogen (secondary N) is 1. The van der Waals surface area contributed by atoms with Crippen LogP contribution in [0, 0.1) is 6.92 Å². The average molecular weight is 259 g/mol. The molecule has 5 heteroatoms. The van der Waals surface area contributed by atoms with Crippen LogP contribution in [0.3, 0.4) is 0 Å². The third-order valence-electron chi connectivity index (χ3n) is 2.50. The quantitative estimate of drug-likeness (QED) is 0.773. The van der Waals surface area contributed by atoms with Crippen LogP contribution in [0.15, 0.2) is 41.4 Å². The lowest BCUT2D eigenvalue weighted by Gasteiger charge is -2.10. The Balaban J connectivity index is 1.89. The van der Waals surface area contributed by atoms with Crippen molar-refractivity contribution in [2.45, 2.75) is 20.0 Å². The molecule has 0 spiro atoms. The van der Waals surface area contributed by atoms with Crippen molar-refractivity contribution < 1.29 is 9.26 Å². The number of benzene rings is 1. The van der Waals surface area contributed by atoms with Crippen LogP contribution in [0.2, 0.25) is 0 Å². The van der Waals surface area contributed by atoms with Crippen LogP contribution >= 0.6 is 0 Å². The van der Waals surface area contributed by atoms with E-state index in [1.807, 2.05) is 24.3 Å². The lowest BCUT2D eigenvalue weighted by Crippen LogP contribution is -2.14. The fraction of sp³-hybridized carbons (Fsp3) is 0.286. The Morgan fingerprint density at radius 1 is 1.37 bits per heavy atom. The number of nitrogens with zero attached hydrogens (tertiary/aromatic N) is 2. The van der Waals surface area contributed by atoms with E-state index in [0.29, 0.717) is 31.4 Å². The van der Waals surface area contributed by atoms with Crippen molar-refractivity contribution in [2.75, 3.05) is 6.61 Å². The van der Waals surface area contributed by atoms with Crippen LogP contribution in [-0.2, 0) is 13.1 Å². The van der Waals surface area contributed by atoms with E-state index >= 15 is 0 Å². The Labute approximate surface area is 112 Å². The summed E-state index contributed by atoms with van der Waals surface area (Å²) >= 11 is 0. The number of hydrogen-bond acceptors (Lipinski definition) is 5. The van der Waals surface area contributed by atoms with Crippen LogP contribution < -0.4 is 10.1 Å². The minimum atomic E-state index is 0.501. The maximum atomic E-state index is 5.59. The van der Waals surface area contributed by atoms with E-state index in [4.69, 9.17) is 9.26 Å². The van der Waals surface area contributed by atoms with Gasteiger partial charge in [-0.15, -0.1) is 0 Å². The first kappa shape index (κ1) is 13.3. The Hall–Kier alpha value is -2.14. The molecule has 19 heavy (non-hydrogen) atoms. The van der Waals surface area contributed by atoms with Crippen molar-refractivity contribution in [2.24, 2.45) is 0 Å². The fourth-order valence-electron chi connectivity index (χ4n) is 1.66. The van der Waals surface area contributed by atoms with Crippen molar-refractivity contribution in [3.05, 3.63) is 54.2 Å². The van der Waals surface area contributed by atoms with Gasteiger partial charge in [-0.1, -0.05) is 36.0 Å². The Bertz CT molecular complexity index is 537. The summed E-state index contributed by atoms with van der Waals surface area (Å²) in [6.45, 7) is 7.16. The molecule has 0 radical (unpaired) electrons. The fourth-order valence-corrected chi connectivity index (χ4v) is 1.66. The highest BCUT2D eigenvalue weighted by atomic mass is 16.5. The van der Waals surface area contributed by atoms with Crippen LogP contribution in [-0.4, -0.2) is 16.7 Å². The topological polar surface area (TPSA) is 60.2 Å². The first-order valence-electron chi connectivity index (χ1n) is 6.11. The molecule has 5 nitrogen and oxygen atoms in total. The third-order valence-corrected chi connectivity index (χ3v) is 2.50. The van der Waals surface area contributed by atoms with Gasteiger partial charge in [-0.2, -0.15) is 4.98 Å². The summed E-state index contributed by atoms with van der Waals surface area (Å²) in [4.78, 5) is 4.13. The molecule has 0 saturated carbocycles. The molecule has 0 saturated heterocycles. The van der Waals surface area contributed by atoms with Crippen molar-refractivity contribution >= 4 is 0 Å². The van der Waals surface area contributed by atoms with Gasteiger partial charge in [0.15, 0.2) is 5.82 Å². The van der Waals surface area contributed by atoms with E-state index in [0.717, 1.165) is 11.3 Å². The first-order valence-corrected chi connectivity index (χ1v) is 6.11. The van der Waals surface area contributed by atoms with Gasteiger partial charge in [-0.05, 0) is 6.07 Å². The zero-order valence-corrected chi connectivity index (χ0v) is 10.9. The lowest BCUT2D eigenvalue weighted by atomic mass is 10.2. The maximum absolute atomic E-state index is 5.59. The number of rotatable bonds is 7. The van der Waals surface area contributed by atoms with Gasteiger partial charge >= 0.3 is 0 Å². The van der Waals surface area contributed by atoms with E-state index in [1.165, 1.54) is 0 Å². The normalized spacial score (nSPS) is 10.4. The number of aryl methyl sites for hydroxylation is 1.